The molecule has 11 rings (SSSR count). The van der Waals surface area contributed by atoms with Gasteiger partial charge in [-0.15, -0.1) is 0 Å². The molecule has 0 saturated heterocycles. The summed E-state index contributed by atoms with van der Waals surface area (Å²) in [5.74, 6) is 4.65. The van der Waals surface area contributed by atoms with Gasteiger partial charge in [0, 0.05) is 29.1 Å². The van der Waals surface area contributed by atoms with Crippen molar-refractivity contribution in [2.24, 2.45) is 40.9 Å². The maximum atomic E-state index is 2.94. The van der Waals surface area contributed by atoms with Crippen LogP contribution in [0.3, 0.4) is 0 Å². The van der Waals surface area contributed by atoms with Gasteiger partial charge in [0.25, 0.3) is 0 Å². The molecule has 59 heavy (non-hydrogen) atoms. The van der Waals surface area contributed by atoms with Gasteiger partial charge in [0.15, 0.2) is 0 Å². The quantitative estimate of drug-likeness (QED) is 0.253. The van der Waals surface area contributed by atoms with Crippen LogP contribution in [-0.2, 0) is 5.41 Å². The van der Waals surface area contributed by atoms with Gasteiger partial charge in [-0.3, -0.25) is 0 Å². The van der Waals surface area contributed by atoms with E-state index < -0.39 is 0 Å². The molecule has 0 bridgehead atoms. The van der Waals surface area contributed by atoms with E-state index in [1.807, 2.05) is 0 Å². The van der Waals surface area contributed by atoms with Crippen LogP contribution < -0.4 is 0 Å². The highest BCUT2D eigenvalue weighted by atomic mass is 15.2. The van der Waals surface area contributed by atoms with Crippen LogP contribution in [0, 0.1) is 40.9 Å². The molecule has 9 aliphatic carbocycles. The predicted octanol–water partition coefficient (Wildman–Crippen LogP) is 14.5. The van der Waals surface area contributed by atoms with E-state index in [4.69, 9.17) is 0 Å². The zero-order valence-corrected chi connectivity index (χ0v) is 35.4. The Balaban J connectivity index is 1.04. The Hall–Kier alpha value is -4.62. The average molecular weight is 774 g/mol. The van der Waals surface area contributed by atoms with Crippen molar-refractivity contribution >= 4 is 0 Å². The maximum absolute atomic E-state index is 2.94. The number of benzene rings is 2. The average Bonchev–Trinajstić information content (AvgIpc) is 3.73. The standard InChI is InChI=1S/C58H63N/c1-57(2)52-27-15-12-24-48(52)51-37-35-46(39-55(51)57)59(56-38-42(40-18-6-3-7-19-40)30-36-47(56)41-20-8-4-9-21-41)45-33-31-44(32-34-45)58(43-22-10-5-11-23-43)53-28-16-13-25-49(53)50-26-14-17-29-54(50)58/h3-4,6-10,12-13,16-20,22-25,28-33,36,39,41-42,45,48,50-52,54-55H,5,11,14-15,21,26-27,34-35,37-38H2,1-2H3. The van der Waals surface area contributed by atoms with E-state index >= 15 is 0 Å². The second-order valence-electron chi connectivity index (χ2n) is 19.9. The monoisotopic (exact) mass is 773 g/mol. The van der Waals surface area contributed by atoms with Crippen molar-refractivity contribution in [3.63, 3.8) is 0 Å². The van der Waals surface area contributed by atoms with Gasteiger partial charge < -0.3 is 4.90 Å². The largest absolute Gasteiger partial charge is 0.342 e. The SMILES string of the molecule is CC1(C)C2C=C(N(C3=C(C4C=CC=CC4)C=CC(c4ccccc4)C3)C3C=CC(C4(C5=CCCC=C5)c5ccccc5C5CCC=CC54)=CC3)CCC2C2C=CCCC21. The maximum Gasteiger partial charge on any atom is 0.0553 e. The molecule has 1 fully saturated rings. The third kappa shape index (κ3) is 6.07. The highest BCUT2D eigenvalue weighted by molar-refractivity contribution is 5.64. The molecule has 1 nitrogen and oxygen atoms in total. The van der Waals surface area contributed by atoms with E-state index in [9.17, 15) is 0 Å². The predicted molar refractivity (Wildman–Crippen MR) is 246 cm³/mol. The fraction of sp³-hybridized carbons (Fsp3) is 0.414. The number of rotatable bonds is 7. The minimum Gasteiger partial charge on any atom is -0.342 e. The number of fused-ring (bicyclic) bond motifs is 6. The van der Waals surface area contributed by atoms with Gasteiger partial charge in [-0.25, -0.2) is 0 Å². The lowest BCUT2D eigenvalue weighted by molar-refractivity contribution is 0.178. The Morgan fingerprint density at radius 1 is 0.644 bits per heavy atom. The minimum absolute atomic E-state index is 0.147. The van der Waals surface area contributed by atoms with Crippen molar-refractivity contribution in [3.8, 4) is 0 Å². The Morgan fingerprint density at radius 2 is 1.49 bits per heavy atom. The van der Waals surface area contributed by atoms with Crippen LogP contribution in [0.1, 0.15) is 113 Å². The molecule has 2 aromatic rings. The molecule has 10 atom stereocenters. The first-order valence-electron chi connectivity index (χ1n) is 23.5. The van der Waals surface area contributed by atoms with Crippen molar-refractivity contribution in [2.75, 3.05) is 0 Å². The zero-order valence-electron chi connectivity index (χ0n) is 35.4. The second-order valence-corrected chi connectivity index (χ2v) is 19.9. The second kappa shape index (κ2) is 15.1. The molecule has 0 heterocycles. The van der Waals surface area contributed by atoms with E-state index in [0.717, 1.165) is 56.3 Å². The van der Waals surface area contributed by atoms with Crippen molar-refractivity contribution in [1.82, 2.24) is 4.90 Å². The molecule has 1 saturated carbocycles. The lowest BCUT2D eigenvalue weighted by Crippen LogP contribution is -2.40. The summed E-state index contributed by atoms with van der Waals surface area (Å²) in [6, 6.07) is 21.1. The van der Waals surface area contributed by atoms with Crippen molar-refractivity contribution in [2.45, 2.75) is 108 Å². The topological polar surface area (TPSA) is 3.24 Å². The van der Waals surface area contributed by atoms with Crippen LogP contribution in [0.5, 0.6) is 0 Å². The summed E-state index contributed by atoms with van der Waals surface area (Å²) < 4.78 is 0. The summed E-state index contributed by atoms with van der Waals surface area (Å²) in [4.78, 5) is 2.94. The van der Waals surface area contributed by atoms with Crippen molar-refractivity contribution in [3.05, 3.63) is 203 Å². The summed E-state index contributed by atoms with van der Waals surface area (Å²) in [7, 11) is 0. The highest BCUT2D eigenvalue weighted by Gasteiger charge is 2.56. The summed E-state index contributed by atoms with van der Waals surface area (Å²) >= 11 is 0. The van der Waals surface area contributed by atoms with Gasteiger partial charge in [-0.2, -0.15) is 0 Å². The van der Waals surface area contributed by atoms with Gasteiger partial charge in [-0.05, 0) is 139 Å². The Kier molecular flexibility index (Phi) is 9.59. The number of nitrogens with zero attached hydrogens (tertiary/aromatic N) is 1. The molecule has 0 spiro atoms. The molecule has 1 heteroatoms. The van der Waals surface area contributed by atoms with Crippen LogP contribution >= 0.6 is 0 Å². The van der Waals surface area contributed by atoms with Crippen molar-refractivity contribution < 1.29 is 0 Å². The van der Waals surface area contributed by atoms with Crippen LogP contribution in [0.4, 0.5) is 0 Å². The smallest absolute Gasteiger partial charge is 0.0553 e. The highest BCUT2D eigenvalue weighted by Crippen LogP contribution is 2.64. The minimum atomic E-state index is -0.147. The fourth-order valence-electron chi connectivity index (χ4n) is 14.2. The van der Waals surface area contributed by atoms with Gasteiger partial charge in [0.05, 0.1) is 11.5 Å². The lowest BCUT2D eigenvalue weighted by Gasteiger charge is -2.46. The molecule has 10 unspecified atom stereocenters. The molecule has 0 aromatic heterocycles. The van der Waals surface area contributed by atoms with E-state index in [2.05, 4.69) is 177 Å². The van der Waals surface area contributed by atoms with Crippen LogP contribution in [0.15, 0.2) is 186 Å². The molecule has 0 aliphatic heterocycles. The number of hydrogen-bond acceptors (Lipinski definition) is 1. The Morgan fingerprint density at radius 3 is 2.32 bits per heavy atom. The van der Waals surface area contributed by atoms with Crippen LogP contribution in [0.25, 0.3) is 0 Å². The van der Waals surface area contributed by atoms with Gasteiger partial charge in [-0.1, -0.05) is 172 Å². The first kappa shape index (κ1) is 37.4. The normalized spacial score (nSPS) is 36.0. The van der Waals surface area contributed by atoms with Crippen LogP contribution in [0.2, 0.25) is 0 Å². The van der Waals surface area contributed by atoms with E-state index in [1.165, 1.54) is 54.4 Å². The first-order valence-corrected chi connectivity index (χ1v) is 23.5. The molecular formula is C58H63N. The summed E-state index contributed by atoms with van der Waals surface area (Å²) in [5.41, 5.74) is 12.4. The molecule has 0 amide bonds. The van der Waals surface area contributed by atoms with Gasteiger partial charge >= 0.3 is 0 Å². The van der Waals surface area contributed by atoms with Crippen molar-refractivity contribution in [1.29, 1.82) is 0 Å². The van der Waals surface area contributed by atoms with Gasteiger partial charge in [0.1, 0.15) is 0 Å². The van der Waals surface area contributed by atoms with Crippen LogP contribution in [-0.4, -0.2) is 10.9 Å². The first-order chi connectivity index (χ1) is 29.0. The molecule has 0 radical (unpaired) electrons. The van der Waals surface area contributed by atoms with E-state index in [-0.39, 0.29) is 11.5 Å². The number of allylic oxidation sites excluding steroid dienone is 20. The molecule has 2 aromatic carbocycles. The summed E-state index contributed by atoms with van der Waals surface area (Å²) in [6.45, 7) is 5.24. The number of hydrogen-bond donors (Lipinski definition) is 0. The molecular weight excluding hydrogens is 711 g/mol. The Bertz CT molecular complexity index is 2310. The van der Waals surface area contributed by atoms with Gasteiger partial charge in [0.2, 0.25) is 0 Å². The zero-order chi connectivity index (χ0) is 39.6. The lowest BCUT2D eigenvalue weighted by atomic mass is 9.60. The molecule has 0 N–H and O–H groups in total. The third-order valence-corrected chi connectivity index (χ3v) is 16.8. The summed E-state index contributed by atoms with van der Waals surface area (Å²) in [6.07, 6.45) is 55.9. The fourth-order valence-corrected chi connectivity index (χ4v) is 14.2. The Labute approximate surface area is 354 Å². The summed E-state index contributed by atoms with van der Waals surface area (Å²) in [5, 5.41) is 0. The van der Waals surface area contributed by atoms with E-state index in [0.29, 0.717) is 35.0 Å². The third-order valence-electron chi connectivity index (χ3n) is 16.8. The molecule has 300 valence electrons. The van der Waals surface area contributed by atoms with E-state index in [1.54, 1.807) is 22.5 Å². The molecule has 9 aliphatic rings.